The van der Waals surface area contributed by atoms with E-state index in [0.29, 0.717) is 4.31 Å². The van der Waals surface area contributed by atoms with Gasteiger partial charge in [0, 0.05) is 17.7 Å². The Labute approximate surface area is 144 Å². The number of phenolic OH excluding ortho intramolecular Hbond substituents is 1. The predicted octanol–water partition coefficient (Wildman–Crippen LogP) is 1.22. The Morgan fingerprint density at radius 2 is 2.04 bits per heavy atom. The molecule has 138 valence electrons. The minimum absolute atomic E-state index is 0.0302. The molecule has 26 heavy (non-hydrogen) atoms. The summed E-state index contributed by atoms with van der Waals surface area (Å²) in [5, 5.41) is 16.1. The predicted molar refractivity (Wildman–Crippen MR) is 82.4 cm³/mol. The number of nitrogens with one attached hydrogen (secondary N) is 2. The molecule has 2 aromatic rings. The number of hydrogen-bond donors (Lipinski definition) is 3. The maximum absolute atomic E-state index is 14.9. The molecule has 1 aromatic heterocycles. The quantitative estimate of drug-likeness (QED) is 0.731. The number of amides is 1. The van der Waals surface area contributed by atoms with Crippen molar-refractivity contribution in [3.05, 3.63) is 29.7 Å². The number of aromatic nitrogens is 2. The molecule has 1 aliphatic carbocycles. The van der Waals surface area contributed by atoms with E-state index < -0.39 is 51.8 Å². The molecule has 2 heterocycles. The summed E-state index contributed by atoms with van der Waals surface area (Å²) in [6.07, 6.45) is -0.336. The Bertz CT molecular complexity index is 1040. The smallest absolute Gasteiger partial charge is 0.326 e. The minimum atomic E-state index is -4.34. The number of nitrogens with zero attached hydrogens (tertiary/aromatic N) is 2. The molecule has 1 atom stereocenters. The highest BCUT2D eigenvalue weighted by Crippen LogP contribution is 2.55. The van der Waals surface area contributed by atoms with Crippen molar-refractivity contribution in [3.8, 4) is 17.0 Å². The third-order valence-corrected chi connectivity index (χ3v) is 5.62. The number of rotatable bonds is 3. The van der Waals surface area contributed by atoms with Crippen LogP contribution in [-0.4, -0.2) is 42.1 Å². The highest BCUT2D eigenvalue weighted by molar-refractivity contribution is 7.92. The van der Waals surface area contributed by atoms with Crippen molar-refractivity contribution >= 4 is 21.8 Å². The Hall–Kier alpha value is -2.76. The lowest BCUT2D eigenvalue weighted by molar-refractivity contribution is -0.117. The first-order chi connectivity index (χ1) is 12.1. The number of hydrogen-bond acceptors (Lipinski definition) is 5. The number of carbonyl (C=O) groups excluding carboxylic acids is 1. The number of alkyl halides is 2. The van der Waals surface area contributed by atoms with Gasteiger partial charge < -0.3 is 5.11 Å². The minimum Gasteiger partial charge on any atom is -0.506 e. The molecule has 12 heteroatoms. The van der Waals surface area contributed by atoms with Gasteiger partial charge in [-0.1, -0.05) is 0 Å². The van der Waals surface area contributed by atoms with Gasteiger partial charge in [0.25, 0.3) is 11.8 Å². The Morgan fingerprint density at radius 1 is 1.35 bits per heavy atom. The topological polar surface area (TPSA) is 115 Å². The van der Waals surface area contributed by atoms with Crippen LogP contribution in [-0.2, 0) is 15.0 Å². The summed E-state index contributed by atoms with van der Waals surface area (Å²) < 4.78 is 67.1. The summed E-state index contributed by atoms with van der Waals surface area (Å²) in [6, 6.07) is 3.41. The number of aromatic amines is 1. The molecule has 1 aliphatic heterocycles. The SMILES string of the molecule is O=C1CN(c2c(O)ccc(-c3cc(C4CC4(F)F)[nH]n3)c2F)S(=O)(=O)N1. The summed E-state index contributed by atoms with van der Waals surface area (Å²) in [7, 11) is -4.34. The largest absolute Gasteiger partial charge is 0.506 e. The van der Waals surface area contributed by atoms with Crippen LogP contribution in [0.25, 0.3) is 11.3 Å². The highest BCUT2D eigenvalue weighted by Gasteiger charge is 2.58. The van der Waals surface area contributed by atoms with E-state index in [1.165, 1.54) is 6.07 Å². The van der Waals surface area contributed by atoms with Crippen molar-refractivity contribution in [2.75, 3.05) is 10.8 Å². The van der Waals surface area contributed by atoms with Crippen LogP contribution < -0.4 is 9.03 Å². The first-order valence-electron chi connectivity index (χ1n) is 7.38. The summed E-state index contributed by atoms with van der Waals surface area (Å²) in [6.45, 7) is -0.698. The van der Waals surface area contributed by atoms with E-state index in [2.05, 4.69) is 10.2 Å². The van der Waals surface area contributed by atoms with E-state index in [1.54, 1.807) is 4.72 Å². The summed E-state index contributed by atoms with van der Waals surface area (Å²) >= 11 is 0. The van der Waals surface area contributed by atoms with Crippen molar-refractivity contribution in [1.29, 1.82) is 0 Å². The van der Waals surface area contributed by atoms with Crippen molar-refractivity contribution in [2.45, 2.75) is 18.3 Å². The van der Waals surface area contributed by atoms with Gasteiger partial charge in [-0.05, 0) is 18.2 Å². The fraction of sp³-hybridized carbons (Fsp3) is 0.286. The number of carbonyl (C=O) groups is 1. The molecule has 2 aliphatic rings. The van der Waals surface area contributed by atoms with E-state index in [-0.39, 0.29) is 23.4 Å². The number of H-pyrrole nitrogens is 1. The Kier molecular flexibility index (Phi) is 3.29. The third kappa shape index (κ3) is 2.48. The summed E-state index contributed by atoms with van der Waals surface area (Å²) in [5.41, 5.74) is -0.831. The fourth-order valence-electron chi connectivity index (χ4n) is 2.84. The molecule has 0 radical (unpaired) electrons. The average molecular weight is 388 g/mol. The first-order valence-corrected chi connectivity index (χ1v) is 8.82. The van der Waals surface area contributed by atoms with Crippen molar-refractivity contribution in [3.63, 3.8) is 0 Å². The summed E-state index contributed by atoms with van der Waals surface area (Å²) in [5.74, 6) is -6.59. The van der Waals surface area contributed by atoms with Gasteiger partial charge in [-0.2, -0.15) is 13.5 Å². The van der Waals surface area contributed by atoms with Gasteiger partial charge in [-0.15, -0.1) is 0 Å². The number of halogens is 3. The fourth-order valence-corrected chi connectivity index (χ4v) is 4.00. The van der Waals surface area contributed by atoms with Gasteiger partial charge in [0.05, 0.1) is 11.6 Å². The van der Waals surface area contributed by atoms with Crippen LogP contribution in [0.4, 0.5) is 18.9 Å². The van der Waals surface area contributed by atoms with Crippen molar-refractivity contribution in [1.82, 2.24) is 14.9 Å². The lowest BCUT2D eigenvalue weighted by Gasteiger charge is -2.18. The lowest BCUT2D eigenvalue weighted by atomic mass is 10.1. The zero-order valence-electron chi connectivity index (χ0n) is 12.8. The summed E-state index contributed by atoms with van der Waals surface area (Å²) in [4.78, 5) is 11.3. The second kappa shape index (κ2) is 5.13. The molecular weight excluding hydrogens is 377 g/mol. The molecule has 3 N–H and O–H groups in total. The van der Waals surface area contributed by atoms with Crippen LogP contribution in [0.3, 0.4) is 0 Å². The lowest BCUT2D eigenvalue weighted by Crippen LogP contribution is -2.30. The number of anilines is 1. The molecule has 1 saturated carbocycles. The van der Waals surface area contributed by atoms with Crippen molar-refractivity contribution in [2.24, 2.45) is 0 Å². The molecule has 0 spiro atoms. The van der Waals surface area contributed by atoms with Gasteiger partial charge in [0.1, 0.15) is 18.0 Å². The average Bonchev–Trinajstić information content (AvgIpc) is 2.87. The molecular formula is C14H11F3N4O4S. The van der Waals surface area contributed by atoms with E-state index >= 15 is 0 Å². The van der Waals surface area contributed by atoms with Crippen LogP contribution in [0, 0.1) is 5.82 Å². The van der Waals surface area contributed by atoms with Crippen LogP contribution in [0.15, 0.2) is 18.2 Å². The van der Waals surface area contributed by atoms with E-state index in [1.807, 2.05) is 0 Å². The second-order valence-electron chi connectivity index (χ2n) is 6.06. The highest BCUT2D eigenvalue weighted by atomic mass is 32.2. The molecule has 1 unspecified atom stereocenters. The first kappa shape index (κ1) is 16.7. The standard InChI is InChI=1S/C14H11F3N4O4S/c15-12-6(8-3-9(19-18-8)7-4-14(7,16)17)1-2-10(22)13(12)21-5-11(23)20-26(21,24)25/h1-3,7,22H,4-5H2,(H,18,19)(H,20,23). The van der Waals surface area contributed by atoms with Crippen LogP contribution >= 0.6 is 0 Å². The Morgan fingerprint density at radius 3 is 2.62 bits per heavy atom. The third-order valence-electron chi connectivity index (χ3n) is 4.24. The zero-order valence-corrected chi connectivity index (χ0v) is 13.6. The van der Waals surface area contributed by atoms with E-state index in [0.717, 1.165) is 12.1 Å². The maximum atomic E-state index is 14.9. The molecule has 2 fully saturated rings. The van der Waals surface area contributed by atoms with Crippen LogP contribution in [0.1, 0.15) is 18.0 Å². The van der Waals surface area contributed by atoms with E-state index in [4.69, 9.17) is 0 Å². The monoisotopic (exact) mass is 388 g/mol. The van der Waals surface area contributed by atoms with Crippen LogP contribution in [0.2, 0.25) is 0 Å². The molecule has 1 aromatic carbocycles. The Balaban J connectivity index is 1.77. The van der Waals surface area contributed by atoms with Gasteiger partial charge in [0.2, 0.25) is 0 Å². The molecule has 0 bridgehead atoms. The second-order valence-corrected chi connectivity index (χ2v) is 7.65. The molecule has 1 saturated heterocycles. The molecule has 4 rings (SSSR count). The van der Waals surface area contributed by atoms with Gasteiger partial charge in [-0.3, -0.25) is 9.89 Å². The van der Waals surface area contributed by atoms with Gasteiger partial charge in [0.15, 0.2) is 5.82 Å². The normalized spacial score (nSPS) is 23.1. The molecule has 1 amide bonds. The zero-order chi connectivity index (χ0) is 18.9. The number of phenols is 1. The van der Waals surface area contributed by atoms with Gasteiger partial charge in [-0.25, -0.2) is 22.2 Å². The number of aromatic hydroxyl groups is 1. The van der Waals surface area contributed by atoms with Crippen molar-refractivity contribution < 1.29 is 31.5 Å². The van der Waals surface area contributed by atoms with Gasteiger partial charge >= 0.3 is 10.2 Å². The maximum Gasteiger partial charge on any atom is 0.326 e. The van der Waals surface area contributed by atoms with Crippen LogP contribution in [0.5, 0.6) is 5.75 Å². The molecule has 8 nitrogen and oxygen atoms in total. The number of benzene rings is 1. The van der Waals surface area contributed by atoms with E-state index in [9.17, 15) is 31.5 Å².